The third-order valence-corrected chi connectivity index (χ3v) is 3.73. The molecule has 1 aromatic carbocycles. The molecule has 1 aromatic rings. The Balaban J connectivity index is 1.99. The zero-order valence-electron chi connectivity index (χ0n) is 11.5. The summed E-state index contributed by atoms with van der Waals surface area (Å²) in [5.74, 6) is 0.201. The molecule has 104 valence electrons. The van der Waals surface area contributed by atoms with Gasteiger partial charge in [-0.25, -0.2) is 0 Å². The van der Waals surface area contributed by atoms with Gasteiger partial charge < -0.3 is 15.7 Å². The van der Waals surface area contributed by atoms with Crippen LogP contribution in [0, 0.1) is 5.92 Å². The van der Waals surface area contributed by atoms with Gasteiger partial charge >= 0.3 is 0 Å². The molecule has 0 fully saturated rings. The van der Waals surface area contributed by atoms with Crippen molar-refractivity contribution in [2.24, 2.45) is 5.92 Å². The molecule has 0 bridgehead atoms. The van der Waals surface area contributed by atoms with E-state index in [1.807, 2.05) is 26.0 Å². The molecule has 3 N–H and O–H groups in total. The van der Waals surface area contributed by atoms with Crippen molar-refractivity contribution in [3.8, 4) is 0 Å². The lowest BCUT2D eigenvalue weighted by Gasteiger charge is -2.28. The van der Waals surface area contributed by atoms with Crippen LogP contribution in [0.15, 0.2) is 24.3 Å². The molecule has 0 radical (unpaired) electrons. The lowest BCUT2D eigenvalue weighted by atomic mass is 9.95. The molecule has 1 aliphatic heterocycles. The summed E-state index contributed by atoms with van der Waals surface area (Å²) >= 11 is 0. The summed E-state index contributed by atoms with van der Waals surface area (Å²) in [5, 5.41) is 15.4. The molecule has 1 amide bonds. The van der Waals surface area contributed by atoms with Crippen LogP contribution < -0.4 is 10.6 Å². The molecule has 1 heterocycles. The van der Waals surface area contributed by atoms with Gasteiger partial charge in [-0.15, -0.1) is 0 Å². The van der Waals surface area contributed by atoms with Crippen LogP contribution >= 0.6 is 0 Å². The summed E-state index contributed by atoms with van der Waals surface area (Å²) in [6, 6.07) is 7.79. The predicted octanol–water partition coefficient (Wildman–Crippen LogP) is 0.834. The van der Waals surface area contributed by atoms with E-state index in [0.717, 1.165) is 6.54 Å². The van der Waals surface area contributed by atoms with Crippen LogP contribution in [0.25, 0.3) is 0 Å². The number of carbonyl (C=O) groups is 1. The van der Waals surface area contributed by atoms with Gasteiger partial charge in [0.05, 0.1) is 18.7 Å². The molecule has 0 saturated heterocycles. The predicted molar refractivity (Wildman–Crippen MR) is 74.6 cm³/mol. The standard InChI is InChI=1S/C15H22N2O2/c1-10(2)14(9-18)17-15(19)13-7-11-5-3-4-6-12(11)8-16-13/h3-6,10,13-14,16,18H,7-9H2,1-2H3,(H,17,19)/t13-,14?/m0/s1. The molecule has 0 aliphatic carbocycles. The van der Waals surface area contributed by atoms with Crippen LogP contribution in [0.3, 0.4) is 0 Å². The Labute approximate surface area is 114 Å². The number of rotatable bonds is 4. The van der Waals surface area contributed by atoms with Crippen molar-refractivity contribution in [3.05, 3.63) is 35.4 Å². The van der Waals surface area contributed by atoms with Crippen LogP contribution in [-0.4, -0.2) is 29.7 Å². The number of amides is 1. The van der Waals surface area contributed by atoms with Gasteiger partial charge in [0.25, 0.3) is 0 Å². The van der Waals surface area contributed by atoms with Gasteiger partial charge in [0.15, 0.2) is 0 Å². The topological polar surface area (TPSA) is 61.4 Å². The molecule has 2 atom stereocenters. The first-order valence-electron chi connectivity index (χ1n) is 6.83. The van der Waals surface area contributed by atoms with Crippen LogP contribution in [0.4, 0.5) is 0 Å². The second-order valence-electron chi connectivity index (χ2n) is 5.45. The number of hydrogen-bond acceptors (Lipinski definition) is 3. The Hall–Kier alpha value is -1.39. The van der Waals surface area contributed by atoms with Gasteiger partial charge in [0, 0.05) is 6.54 Å². The molecular formula is C15H22N2O2. The maximum Gasteiger partial charge on any atom is 0.237 e. The Bertz CT molecular complexity index is 446. The van der Waals surface area contributed by atoms with Crippen LogP contribution in [-0.2, 0) is 17.8 Å². The second-order valence-corrected chi connectivity index (χ2v) is 5.45. The van der Waals surface area contributed by atoms with Gasteiger partial charge in [-0.1, -0.05) is 38.1 Å². The maximum atomic E-state index is 12.2. The molecule has 1 aliphatic rings. The summed E-state index contributed by atoms with van der Waals surface area (Å²) in [5.41, 5.74) is 2.49. The number of hydrogen-bond donors (Lipinski definition) is 3. The highest BCUT2D eigenvalue weighted by molar-refractivity contribution is 5.82. The SMILES string of the molecule is CC(C)C(CO)NC(=O)[C@@H]1Cc2ccccc2CN1. The van der Waals surface area contributed by atoms with E-state index >= 15 is 0 Å². The normalized spacial score (nSPS) is 19.9. The van der Waals surface area contributed by atoms with Crippen molar-refractivity contribution in [2.45, 2.75) is 38.9 Å². The number of carbonyl (C=O) groups excluding carboxylic acids is 1. The number of nitrogens with one attached hydrogen (secondary N) is 2. The molecule has 4 heteroatoms. The van der Waals surface area contributed by atoms with E-state index in [2.05, 4.69) is 22.8 Å². The van der Waals surface area contributed by atoms with Crippen molar-refractivity contribution < 1.29 is 9.90 Å². The Morgan fingerprint density at radius 3 is 2.74 bits per heavy atom. The van der Waals surface area contributed by atoms with E-state index < -0.39 is 0 Å². The maximum absolute atomic E-state index is 12.2. The number of fused-ring (bicyclic) bond motifs is 1. The molecule has 19 heavy (non-hydrogen) atoms. The number of benzene rings is 1. The fraction of sp³-hybridized carbons (Fsp3) is 0.533. The summed E-state index contributed by atoms with van der Waals surface area (Å²) in [7, 11) is 0. The van der Waals surface area contributed by atoms with E-state index in [0.29, 0.717) is 6.42 Å². The summed E-state index contributed by atoms with van der Waals surface area (Å²) in [4.78, 5) is 12.2. The molecule has 4 nitrogen and oxygen atoms in total. The van der Waals surface area contributed by atoms with Crippen molar-refractivity contribution in [1.82, 2.24) is 10.6 Å². The quantitative estimate of drug-likeness (QED) is 0.753. The lowest BCUT2D eigenvalue weighted by molar-refractivity contribution is -0.124. The first-order valence-corrected chi connectivity index (χ1v) is 6.83. The zero-order valence-corrected chi connectivity index (χ0v) is 11.5. The first kappa shape index (κ1) is 14.0. The molecule has 2 rings (SSSR count). The van der Waals surface area contributed by atoms with Gasteiger partial charge in [-0.05, 0) is 23.5 Å². The fourth-order valence-electron chi connectivity index (χ4n) is 2.35. The Morgan fingerprint density at radius 1 is 1.42 bits per heavy atom. The van der Waals surface area contributed by atoms with Crippen LogP contribution in [0.1, 0.15) is 25.0 Å². The third-order valence-electron chi connectivity index (χ3n) is 3.73. The molecule has 1 unspecified atom stereocenters. The van der Waals surface area contributed by atoms with E-state index in [1.165, 1.54) is 11.1 Å². The van der Waals surface area contributed by atoms with Crippen molar-refractivity contribution in [2.75, 3.05) is 6.61 Å². The molecule has 0 spiro atoms. The molecular weight excluding hydrogens is 240 g/mol. The highest BCUT2D eigenvalue weighted by atomic mass is 16.3. The van der Waals surface area contributed by atoms with Crippen molar-refractivity contribution >= 4 is 5.91 Å². The van der Waals surface area contributed by atoms with Crippen LogP contribution in [0.5, 0.6) is 0 Å². The average Bonchev–Trinajstić information content (AvgIpc) is 2.43. The minimum absolute atomic E-state index is 0.0211. The fourth-order valence-corrected chi connectivity index (χ4v) is 2.35. The third kappa shape index (κ3) is 3.33. The zero-order chi connectivity index (χ0) is 13.8. The van der Waals surface area contributed by atoms with Crippen molar-refractivity contribution in [1.29, 1.82) is 0 Å². The molecule has 0 saturated carbocycles. The summed E-state index contributed by atoms with van der Waals surface area (Å²) in [6.07, 6.45) is 0.707. The molecule has 0 aromatic heterocycles. The number of aliphatic hydroxyl groups is 1. The smallest absolute Gasteiger partial charge is 0.237 e. The monoisotopic (exact) mass is 262 g/mol. The van der Waals surface area contributed by atoms with Crippen LogP contribution in [0.2, 0.25) is 0 Å². The van der Waals surface area contributed by atoms with E-state index in [-0.39, 0.29) is 30.5 Å². The van der Waals surface area contributed by atoms with E-state index in [1.54, 1.807) is 0 Å². The Morgan fingerprint density at radius 2 is 2.11 bits per heavy atom. The summed E-state index contributed by atoms with van der Waals surface area (Å²) in [6.45, 7) is 4.68. The van der Waals surface area contributed by atoms with E-state index in [9.17, 15) is 9.90 Å². The minimum atomic E-state index is -0.206. The first-order chi connectivity index (χ1) is 9.11. The highest BCUT2D eigenvalue weighted by Gasteiger charge is 2.26. The van der Waals surface area contributed by atoms with Gasteiger partial charge in [-0.2, -0.15) is 0 Å². The summed E-state index contributed by atoms with van der Waals surface area (Å²) < 4.78 is 0. The minimum Gasteiger partial charge on any atom is -0.394 e. The highest BCUT2D eigenvalue weighted by Crippen LogP contribution is 2.16. The second kappa shape index (κ2) is 6.17. The van der Waals surface area contributed by atoms with Gasteiger partial charge in [-0.3, -0.25) is 4.79 Å². The van der Waals surface area contributed by atoms with Crippen molar-refractivity contribution in [3.63, 3.8) is 0 Å². The number of aliphatic hydroxyl groups excluding tert-OH is 1. The lowest BCUT2D eigenvalue weighted by Crippen LogP contribution is -2.52. The Kier molecular flexibility index (Phi) is 4.56. The average molecular weight is 262 g/mol. The van der Waals surface area contributed by atoms with Gasteiger partial charge in [0.1, 0.15) is 0 Å². The van der Waals surface area contributed by atoms with E-state index in [4.69, 9.17) is 0 Å². The van der Waals surface area contributed by atoms with Gasteiger partial charge in [0.2, 0.25) is 5.91 Å². The largest absolute Gasteiger partial charge is 0.394 e.